The highest BCUT2D eigenvalue weighted by Crippen LogP contribution is 2.39. The van der Waals surface area contributed by atoms with Crippen molar-refractivity contribution in [2.45, 2.75) is 37.1 Å². The number of piperazine rings is 1. The topological polar surface area (TPSA) is 87.2 Å². The summed E-state index contributed by atoms with van der Waals surface area (Å²) in [5.74, 6) is -0.394. The molecule has 164 valence electrons. The minimum absolute atomic E-state index is 0.0866. The molecule has 0 bridgehead atoms. The number of benzene rings is 1. The second kappa shape index (κ2) is 8.28. The van der Waals surface area contributed by atoms with Gasteiger partial charge >= 0.3 is 0 Å². The number of carbonyl (C=O) groups is 2. The van der Waals surface area contributed by atoms with Crippen LogP contribution in [0, 0.1) is 11.8 Å². The van der Waals surface area contributed by atoms with Crippen LogP contribution < -0.4 is 4.74 Å². The Labute approximate surface area is 177 Å². The average molecular weight is 436 g/mol. The SMILES string of the molecule is COc1ccc(CN2C(=O)[C@H]3CCCC[C@@H]3C2=O)cc1S(=O)(=O)N1CCN(C)CC1. The molecule has 2 amide bonds. The summed E-state index contributed by atoms with van der Waals surface area (Å²) >= 11 is 0. The predicted molar refractivity (Wildman–Crippen MR) is 110 cm³/mol. The number of likely N-dealkylation sites (tertiary alicyclic amines) is 1. The highest BCUT2D eigenvalue weighted by Gasteiger charge is 2.48. The molecule has 3 fully saturated rings. The molecule has 9 heteroatoms. The van der Waals surface area contributed by atoms with E-state index in [1.54, 1.807) is 18.2 Å². The number of hydrogen-bond donors (Lipinski definition) is 0. The van der Waals surface area contributed by atoms with Gasteiger partial charge in [0, 0.05) is 26.2 Å². The van der Waals surface area contributed by atoms with E-state index in [0.29, 0.717) is 31.7 Å². The molecule has 8 nitrogen and oxygen atoms in total. The van der Waals surface area contributed by atoms with Crippen LogP contribution in [0.5, 0.6) is 5.75 Å². The standard InChI is InChI=1S/C21H29N3O5S/c1-22-9-11-23(12-10-22)30(27,28)19-13-15(7-8-18(19)29-2)14-24-20(25)16-5-3-4-6-17(16)21(24)26/h7-8,13,16-17H,3-6,9-12,14H2,1-2H3/t16-,17-/m0/s1. The van der Waals surface area contributed by atoms with Crippen LogP contribution in [-0.2, 0) is 26.2 Å². The molecule has 0 N–H and O–H groups in total. The van der Waals surface area contributed by atoms with Gasteiger partial charge in [0.15, 0.2) is 0 Å². The molecular weight excluding hydrogens is 406 g/mol. The number of hydrogen-bond acceptors (Lipinski definition) is 6. The van der Waals surface area contributed by atoms with Crippen molar-refractivity contribution in [3.05, 3.63) is 23.8 Å². The fourth-order valence-corrected chi connectivity index (χ4v) is 6.39. The molecule has 2 heterocycles. The minimum Gasteiger partial charge on any atom is -0.495 e. The van der Waals surface area contributed by atoms with Crippen molar-refractivity contribution in [1.29, 1.82) is 0 Å². The maximum atomic E-state index is 13.3. The maximum absolute atomic E-state index is 13.3. The molecule has 1 aromatic carbocycles. The first-order valence-corrected chi connectivity index (χ1v) is 12.0. The molecule has 0 unspecified atom stereocenters. The minimum atomic E-state index is -3.74. The smallest absolute Gasteiger partial charge is 0.246 e. The van der Waals surface area contributed by atoms with Crippen LogP contribution in [0.25, 0.3) is 0 Å². The van der Waals surface area contributed by atoms with E-state index in [1.165, 1.54) is 16.3 Å². The van der Waals surface area contributed by atoms with Gasteiger partial charge in [-0.25, -0.2) is 8.42 Å². The molecule has 1 saturated carbocycles. The van der Waals surface area contributed by atoms with Gasteiger partial charge in [-0.1, -0.05) is 18.9 Å². The number of sulfonamides is 1. The molecule has 3 aliphatic rings. The normalized spacial score (nSPS) is 26.1. The highest BCUT2D eigenvalue weighted by molar-refractivity contribution is 7.89. The van der Waals surface area contributed by atoms with Crippen molar-refractivity contribution in [2.75, 3.05) is 40.3 Å². The van der Waals surface area contributed by atoms with Crippen LogP contribution >= 0.6 is 0 Å². The van der Waals surface area contributed by atoms with Crippen molar-refractivity contribution in [3.8, 4) is 5.75 Å². The third-order valence-electron chi connectivity index (χ3n) is 6.58. The van der Waals surface area contributed by atoms with Crippen LogP contribution in [0.2, 0.25) is 0 Å². The summed E-state index contributed by atoms with van der Waals surface area (Å²) in [6.07, 6.45) is 3.47. The zero-order valence-electron chi connectivity index (χ0n) is 17.5. The fourth-order valence-electron chi connectivity index (χ4n) is 4.76. The van der Waals surface area contributed by atoms with Crippen molar-refractivity contribution >= 4 is 21.8 Å². The molecular formula is C21H29N3O5S. The number of rotatable bonds is 5. The number of fused-ring (bicyclic) bond motifs is 1. The van der Waals surface area contributed by atoms with Crippen LogP contribution in [-0.4, -0.2) is 74.7 Å². The zero-order chi connectivity index (χ0) is 21.5. The van der Waals surface area contributed by atoms with Crippen LogP contribution in [0.3, 0.4) is 0 Å². The van der Waals surface area contributed by atoms with E-state index >= 15 is 0 Å². The van der Waals surface area contributed by atoms with Gasteiger partial charge in [-0.2, -0.15) is 4.31 Å². The molecule has 0 aromatic heterocycles. The Hall–Kier alpha value is -1.97. The summed E-state index contributed by atoms with van der Waals surface area (Å²) in [5.41, 5.74) is 0.615. The zero-order valence-corrected chi connectivity index (χ0v) is 18.4. The highest BCUT2D eigenvalue weighted by atomic mass is 32.2. The van der Waals surface area contributed by atoms with Gasteiger partial charge in [0.25, 0.3) is 0 Å². The largest absolute Gasteiger partial charge is 0.495 e. The molecule has 2 aliphatic heterocycles. The Morgan fingerprint density at radius 2 is 1.60 bits per heavy atom. The summed E-state index contributed by atoms with van der Waals surface area (Å²) in [7, 11) is -0.333. The van der Waals surface area contributed by atoms with Crippen molar-refractivity contribution < 1.29 is 22.7 Å². The summed E-state index contributed by atoms with van der Waals surface area (Å²) in [4.78, 5) is 29.1. The van der Waals surface area contributed by atoms with Crippen LogP contribution in [0.15, 0.2) is 23.1 Å². The lowest BCUT2D eigenvalue weighted by atomic mass is 9.81. The van der Waals surface area contributed by atoms with Gasteiger partial charge in [-0.15, -0.1) is 0 Å². The monoisotopic (exact) mass is 435 g/mol. The van der Waals surface area contributed by atoms with Crippen LogP contribution in [0.4, 0.5) is 0 Å². The second-order valence-corrected chi connectivity index (χ2v) is 10.4. The lowest BCUT2D eigenvalue weighted by Crippen LogP contribution is -2.47. The average Bonchev–Trinajstić information content (AvgIpc) is 2.99. The summed E-state index contributed by atoms with van der Waals surface area (Å²) in [5, 5.41) is 0. The van der Waals surface area contributed by atoms with Crippen molar-refractivity contribution in [3.63, 3.8) is 0 Å². The van der Waals surface area contributed by atoms with E-state index in [4.69, 9.17) is 4.74 Å². The molecule has 2 saturated heterocycles. The third kappa shape index (κ3) is 3.74. The van der Waals surface area contributed by atoms with Crippen LogP contribution in [0.1, 0.15) is 31.2 Å². The maximum Gasteiger partial charge on any atom is 0.246 e. The van der Waals surface area contributed by atoms with Gasteiger partial charge in [-0.3, -0.25) is 14.5 Å². The Bertz CT molecular complexity index is 916. The Morgan fingerprint density at radius 1 is 1.00 bits per heavy atom. The molecule has 0 spiro atoms. The fraction of sp³-hybridized carbons (Fsp3) is 0.619. The van der Waals surface area contributed by atoms with E-state index in [9.17, 15) is 18.0 Å². The number of imide groups is 1. The van der Waals surface area contributed by atoms with Gasteiger partial charge in [0.05, 0.1) is 25.5 Å². The van der Waals surface area contributed by atoms with Crippen molar-refractivity contribution in [2.24, 2.45) is 11.8 Å². The van der Waals surface area contributed by atoms with Gasteiger partial charge in [0.2, 0.25) is 21.8 Å². The molecule has 1 aromatic rings. The Kier molecular flexibility index (Phi) is 5.87. The molecule has 2 atom stereocenters. The predicted octanol–water partition coefficient (Wildman–Crippen LogP) is 1.31. The van der Waals surface area contributed by atoms with E-state index in [1.807, 2.05) is 7.05 Å². The first-order valence-electron chi connectivity index (χ1n) is 10.5. The molecule has 30 heavy (non-hydrogen) atoms. The number of nitrogens with zero attached hydrogens (tertiary/aromatic N) is 3. The first-order chi connectivity index (χ1) is 14.3. The van der Waals surface area contributed by atoms with E-state index < -0.39 is 10.0 Å². The van der Waals surface area contributed by atoms with E-state index in [2.05, 4.69) is 4.90 Å². The molecule has 4 rings (SSSR count). The van der Waals surface area contributed by atoms with Gasteiger partial charge < -0.3 is 9.64 Å². The lowest BCUT2D eigenvalue weighted by molar-refractivity contribution is -0.140. The quantitative estimate of drug-likeness (QED) is 0.648. The first kappa shape index (κ1) is 21.3. The lowest BCUT2D eigenvalue weighted by Gasteiger charge is -2.32. The van der Waals surface area contributed by atoms with E-state index in [-0.39, 0.29) is 40.8 Å². The molecule has 1 aliphatic carbocycles. The summed E-state index contributed by atoms with van der Waals surface area (Å²) in [6, 6.07) is 4.88. The number of likely N-dealkylation sites (N-methyl/N-ethyl adjacent to an activating group) is 1. The molecule has 0 radical (unpaired) electrons. The number of methoxy groups -OCH3 is 1. The number of ether oxygens (including phenoxy) is 1. The van der Waals surface area contributed by atoms with E-state index in [0.717, 1.165) is 25.7 Å². The Balaban J connectivity index is 1.60. The van der Waals surface area contributed by atoms with Crippen molar-refractivity contribution in [1.82, 2.24) is 14.1 Å². The third-order valence-corrected chi connectivity index (χ3v) is 8.50. The van der Waals surface area contributed by atoms with Gasteiger partial charge in [0.1, 0.15) is 10.6 Å². The number of amides is 2. The van der Waals surface area contributed by atoms with Gasteiger partial charge in [-0.05, 0) is 37.6 Å². The number of carbonyl (C=O) groups excluding carboxylic acids is 2. The Morgan fingerprint density at radius 3 is 2.17 bits per heavy atom. The second-order valence-electron chi connectivity index (χ2n) is 8.45. The summed E-state index contributed by atoms with van der Waals surface area (Å²) in [6.45, 7) is 2.26. The summed E-state index contributed by atoms with van der Waals surface area (Å²) < 4.78 is 33.3.